The molecular formula is C19H21N3O. The van der Waals surface area contributed by atoms with Crippen LogP contribution in [0.4, 0.5) is 0 Å². The number of nitrogens with zero attached hydrogens (tertiary/aromatic N) is 2. The minimum atomic E-state index is 0.211. The number of rotatable bonds is 6. The number of unbranched alkanes of at least 4 members (excludes halogenated alkanes) is 1. The minimum Gasteiger partial charge on any atom is -0.340 e. The van der Waals surface area contributed by atoms with Gasteiger partial charge < -0.3 is 4.98 Å². The summed E-state index contributed by atoms with van der Waals surface area (Å²) in [5, 5.41) is 0. The number of hydrogen-bond donors (Lipinski definition) is 1. The molecule has 118 valence electrons. The summed E-state index contributed by atoms with van der Waals surface area (Å²) in [6, 6.07) is 11.5. The average molecular weight is 307 g/mol. The Hall–Kier alpha value is -2.49. The van der Waals surface area contributed by atoms with Gasteiger partial charge in [-0.05, 0) is 38.3 Å². The number of H-pyrrole nitrogens is 1. The smallest absolute Gasteiger partial charge is 0.178 e. The van der Waals surface area contributed by atoms with Crippen molar-refractivity contribution in [3.05, 3.63) is 59.0 Å². The van der Waals surface area contributed by atoms with E-state index in [2.05, 4.69) is 27.9 Å². The number of carbonyl (C=O) groups excluding carboxylic acids is 1. The summed E-state index contributed by atoms with van der Waals surface area (Å²) in [5.41, 5.74) is 4.77. The Balaban J connectivity index is 1.55. The Morgan fingerprint density at radius 1 is 1.09 bits per heavy atom. The normalized spacial score (nSPS) is 11.0. The molecule has 4 heteroatoms. The molecule has 0 aliphatic rings. The van der Waals surface area contributed by atoms with Crippen LogP contribution in [-0.4, -0.2) is 20.7 Å². The third kappa shape index (κ3) is 3.65. The summed E-state index contributed by atoms with van der Waals surface area (Å²) >= 11 is 0. The van der Waals surface area contributed by atoms with E-state index in [1.807, 2.05) is 37.3 Å². The predicted molar refractivity (Wildman–Crippen MR) is 91.7 cm³/mol. The van der Waals surface area contributed by atoms with Crippen LogP contribution < -0.4 is 0 Å². The van der Waals surface area contributed by atoms with E-state index < -0.39 is 0 Å². The van der Waals surface area contributed by atoms with Crippen LogP contribution >= 0.6 is 0 Å². The zero-order chi connectivity index (χ0) is 16.2. The number of hydrogen-bond acceptors (Lipinski definition) is 3. The third-order valence-electron chi connectivity index (χ3n) is 4.00. The van der Waals surface area contributed by atoms with Gasteiger partial charge in [-0.3, -0.25) is 4.79 Å². The largest absolute Gasteiger partial charge is 0.340 e. The molecule has 3 rings (SSSR count). The van der Waals surface area contributed by atoms with Gasteiger partial charge in [0.25, 0.3) is 0 Å². The molecule has 0 atom stereocenters. The van der Waals surface area contributed by atoms with Crippen molar-refractivity contribution in [2.24, 2.45) is 0 Å². The molecule has 0 saturated heterocycles. The first kappa shape index (κ1) is 15.4. The number of Topliss-reactive ketones (excluding diaryl/α,β-unsaturated/α-hetero) is 1. The standard InChI is InChI=1S/C19H21N3O/c1-13-12-14(2)20-19-18(13)21-17(22-19)11-7-6-10-16(23)15-8-4-3-5-9-15/h3-5,8-9,12H,6-7,10-11H2,1-2H3,(H,20,21,22). The van der Waals surface area contributed by atoms with Gasteiger partial charge >= 0.3 is 0 Å². The first-order chi connectivity index (χ1) is 11.1. The summed E-state index contributed by atoms with van der Waals surface area (Å²) < 4.78 is 0. The van der Waals surface area contributed by atoms with Crippen LogP contribution in [0.5, 0.6) is 0 Å². The van der Waals surface area contributed by atoms with Crippen LogP contribution in [0.3, 0.4) is 0 Å². The second kappa shape index (κ2) is 6.73. The fraction of sp³-hybridized carbons (Fsp3) is 0.316. The summed E-state index contributed by atoms with van der Waals surface area (Å²) in [4.78, 5) is 24.4. The Bertz CT molecular complexity index is 821. The Morgan fingerprint density at radius 2 is 1.87 bits per heavy atom. The highest BCUT2D eigenvalue weighted by atomic mass is 16.1. The highest BCUT2D eigenvalue weighted by Gasteiger charge is 2.08. The maximum absolute atomic E-state index is 12.0. The van der Waals surface area contributed by atoms with Crippen LogP contribution in [0.2, 0.25) is 0 Å². The van der Waals surface area contributed by atoms with Crippen molar-refractivity contribution in [3.8, 4) is 0 Å². The zero-order valence-corrected chi connectivity index (χ0v) is 13.6. The number of pyridine rings is 1. The molecule has 1 N–H and O–H groups in total. The predicted octanol–water partition coefficient (Wildman–Crippen LogP) is 4.17. The number of aromatic amines is 1. The van der Waals surface area contributed by atoms with Crippen molar-refractivity contribution in [2.45, 2.75) is 39.5 Å². The molecule has 0 bridgehead atoms. The van der Waals surface area contributed by atoms with Gasteiger partial charge in [0.1, 0.15) is 5.82 Å². The number of benzene rings is 1. The Labute approximate surface area is 136 Å². The maximum Gasteiger partial charge on any atom is 0.178 e. The number of aromatic nitrogens is 3. The number of carbonyl (C=O) groups is 1. The van der Waals surface area contributed by atoms with Crippen LogP contribution in [0.15, 0.2) is 36.4 Å². The van der Waals surface area contributed by atoms with E-state index in [1.165, 1.54) is 5.56 Å². The highest BCUT2D eigenvalue weighted by Crippen LogP contribution is 2.16. The van der Waals surface area contributed by atoms with E-state index in [9.17, 15) is 4.79 Å². The van der Waals surface area contributed by atoms with Gasteiger partial charge in [-0.25, -0.2) is 9.97 Å². The topological polar surface area (TPSA) is 58.6 Å². The average Bonchev–Trinajstić information content (AvgIpc) is 2.95. The SMILES string of the molecule is Cc1cc(C)c2[nH]c(CCCCC(=O)c3ccccc3)nc2n1. The lowest BCUT2D eigenvalue weighted by atomic mass is 10.0. The van der Waals surface area contributed by atoms with Gasteiger partial charge in [-0.1, -0.05) is 30.3 Å². The van der Waals surface area contributed by atoms with Crippen LogP contribution in [0.25, 0.3) is 11.2 Å². The lowest BCUT2D eigenvalue weighted by molar-refractivity contribution is 0.0979. The summed E-state index contributed by atoms with van der Waals surface area (Å²) in [5.74, 6) is 1.16. The molecule has 0 unspecified atom stereocenters. The number of aryl methyl sites for hydroxylation is 3. The van der Waals surface area contributed by atoms with E-state index in [0.717, 1.165) is 47.5 Å². The van der Waals surface area contributed by atoms with E-state index in [1.54, 1.807) is 0 Å². The molecule has 0 aliphatic heterocycles. The maximum atomic E-state index is 12.0. The van der Waals surface area contributed by atoms with E-state index in [0.29, 0.717) is 6.42 Å². The number of ketones is 1. The zero-order valence-electron chi connectivity index (χ0n) is 13.6. The molecule has 0 fully saturated rings. The van der Waals surface area contributed by atoms with E-state index in [-0.39, 0.29) is 5.78 Å². The molecule has 1 aromatic carbocycles. The van der Waals surface area contributed by atoms with Crippen molar-refractivity contribution in [2.75, 3.05) is 0 Å². The van der Waals surface area contributed by atoms with Gasteiger partial charge in [-0.15, -0.1) is 0 Å². The molecular weight excluding hydrogens is 286 g/mol. The van der Waals surface area contributed by atoms with Gasteiger partial charge in [0.2, 0.25) is 0 Å². The summed E-state index contributed by atoms with van der Waals surface area (Å²) in [7, 11) is 0. The number of fused-ring (bicyclic) bond motifs is 1. The van der Waals surface area contributed by atoms with Crippen LogP contribution in [0.1, 0.15) is 46.7 Å². The highest BCUT2D eigenvalue weighted by molar-refractivity contribution is 5.95. The van der Waals surface area contributed by atoms with Crippen molar-refractivity contribution < 1.29 is 4.79 Å². The lowest BCUT2D eigenvalue weighted by Gasteiger charge is -2.00. The van der Waals surface area contributed by atoms with Gasteiger partial charge in [0.05, 0.1) is 5.52 Å². The molecule has 0 spiro atoms. The second-order valence-electron chi connectivity index (χ2n) is 5.96. The minimum absolute atomic E-state index is 0.211. The number of imidazole rings is 1. The van der Waals surface area contributed by atoms with Crippen LogP contribution in [-0.2, 0) is 6.42 Å². The first-order valence-corrected chi connectivity index (χ1v) is 8.04. The van der Waals surface area contributed by atoms with Gasteiger partial charge in [-0.2, -0.15) is 0 Å². The Kier molecular flexibility index (Phi) is 4.51. The van der Waals surface area contributed by atoms with E-state index in [4.69, 9.17) is 0 Å². The molecule has 0 aliphatic carbocycles. The van der Waals surface area contributed by atoms with Crippen molar-refractivity contribution in [3.63, 3.8) is 0 Å². The summed E-state index contributed by atoms with van der Waals surface area (Å²) in [6.07, 6.45) is 3.24. The summed E-state index contributed by atoms with van der Waals surface area (Å²) in [6.45, 7) is 4.05. The van der Waals surface area contributed by atoms with Crippen LogP contribution in [0, 0.1) is 13.8 Å². The van der Waals surface area contributed by atoms with Crippen molar-refractivity contribution in [1.29, 1.82) is 0 Å². The quantitative estimate of drug-likeness (QED) is 0.549. The third-order valence-corrected chi connectivity index (χ3v) is 4.00. The first-order valence-electron chi connectivity index (χ1n) is 8.04. The monoisotopic (exact) mass is 307 g/mol. The molecule has 0 saturated carbocycles. The molecule has 23 heavy (non-hydrogen) atoms. The molecule has 4 nitrogen and oxygen atoms in total. The molecule has 0 radical (unpaired) electrons. The van der Waals surface area contributed by atoms with Crippen molar-refractivity contribution >= 4 is 16.9 Å². The number of nitrogens with one attached hydrogen (secondary N) is 1. The van der Waals surface area contributed by atoms with E-state index >= 15 is 0 Å². The molecule has 2 heterocycles. The second-order valence-corrected chi connectivity index (χ2v) is 5.96. The molecule has 3 aromatic rings. The Morgan fingerprint density at radius 3 is 2.65 bits per heavy atom. The van der Waals surface area contributed by atoms with Gasteiger partial charge in [0.15, 0.2) is 11.4 Å². The lowest BCUT2D eigenvalue weighted by Crippen LogP contribution is -1.99. The fourth-order valence-electron chi connectivity index (χ4n) is 2.82. The van der Waals surface area contributed by atoms with Gasteiger partial charge in [0, 0.05) is 24.1 Å². The molecule has 2 aromatic heterocycles. The fourth-order valence-corrected chi connectivity index (χ4v) is 2.82. The van der Waals surface area contributed by atoms with Crippen molar-refractivity contribution in [1.82, 2.24) is 15.0 Å². The molecule has 0 amide bonds.